The van der Waals surface area contributed by atoms with Crippen LogP contribution in [0.1, 0.15) is 89.9 Å². The fourth-order valence-electron chi connectivity index (χ4n) is 4.95. The maximum Gasteiger partial charge on any atom is 0.243 e. The Morgan fingerprint density at radius 1 is 0.714 bits per heavy atom. The van der Waals surface area contributed by atoms with Crippen molar-refractivity contribution in [3.05, 3.63) is 0 Å². The van der Waals surface area contributed by atoms with Crippen LogP contribution in [0, 0.1) is 23.7 Å². The van der Waals surface area contributed by atoms with Gasteiger partial charge in [0.25, 0.3) is 0 Å². The number of amides is 1. The molecule has 5 heteroatoms. The molecule has 3 saturated carbocycles. The lowest BCUT2D eigenvalue weighted by Gasteiger charge is -2.24. The van der Waals surface area contributed by atoms with Crippen LogP contribution in [0.25, 0.3) is 0 Å². The standard InChI is InChI=1S/C23H37N3O2/c27-22(20-7-3-1-4-8-20)17-24-15-18-11-13-19(14-12-18)16-25-26-23(28)21-9-5-2-6-10-21/h15-16,18-21H,1-14,17H2,(H,26,28)/b24-15?,25-16+. The van der Waals surface area contributed by atoms with Gasteiger partial charge in [0.1, 0.15) is 0 Å². The first-order valence-electron chi connectivity index (χ1n) is 11.6. The van der Waals surface area contributed by atoms with E-state index in [2.05, 4.69) is 15.5 Å². The van der Waals surface area contributed by atoms with E-state index >= 15 is 0 Å². The molecule has 5 nitrogen and oxygen atoms in total. The van der Waals surface area contributed by atoms with Gasteiger partial charge < -0.3 is 0 Å². The minimum atomic E-state index is 0.0967. The highest BCUT2D eigenvalue weighted by molar-refractivity contribution is 5.84. The van der Waals surface area contributed by atoms with E-state index in [0.717, 1.165) is 51.4 Å². The molecule has 0 aromatic heterocycles. The zero-order valence-electron chi connectivity index (χ0n) is 17.3. The molecule has 3 aliphatic carbocycles. The molecular weight excluding hydrogens is 350 g/mol. The third-order valence-electron chi connectivity index (χ3n) is 6.88. The number of carbonyl (C=O) groups is 2. The van der Waals surface area contributed by atoms with E-state index < -0.39 is 0 Å². The normalized spacial score (nSPS) is 28.0. The first-order chi connectivity index (χ1) is 13.7. The molecule has 0 aromatic rings. The first kappa shape index (κ1) is 21.2. The Hall–Kier alpha value is -1.52. The summed E-state index contributed by atoms with van der Waals surface area (Å²) >= 11 is 0. The van der Waals surface area contributed by atoms with Crippen LogP contribution in [0.3, 0.4) is 0 Å². The van der Waals surface area contributed by atoms with Crippen molar-refractivity contribution in [1.29, 1.82) is 0 Å². The lowest BCUT2D eigenvalue weighted by molar-refractivity contribution is -0.126. The number of carbonyl (C=O) groups excluding carboxylic acids is 2. The van der Waals surface area contributed by atoms with Gasteiger partial charge in [-0.15, -0.1) is 0 Å². The molecule has 0 radical (unpaired) electrons. The molecule has 0 spiro atoms. The molecule has 0 atom stereocenters. The van der Waals surface area contributed by atoms with E-state index in [1.807, 2.05) is 12.4 Å². The Morgan fingerprint density at radius 2 is 1.25 bits per heavy atom. The molecule has 3 fully saturated rings. The summed E-state index contributed by atoms with van der Waals surface area (Å²) in [7, 11) is 0. The van der Waals surface area contributed by atoms with Gasteiger partial charge in [-0.25, -0.2) is 5.43 Å². The van der Waals surface area contributed by atoms with Gasteiger partial charge in [0.2, 0.25) is 5.91 Å². The van der Waals surface area contributed by atoms with Crippen molar-refractivity contribution >= 4 is 24.1 Å². The van der Waals surface area contributed by atoms with Gasteiger partial charge in [0.05, 0.1) is 6.54 Å². The van der Waals surface area contributed by atoms with Crippen LogP contribution in [0.15, 0.2) is 10.1 Å². The first-order valence-corrected chi connectivity index (χ1v) is 11.6. The summed E-state index contributed by atoms with van der Waals surface area (Å²) in [6.07, 6.45) is 19.7. The Kier molecular flexibility index (Phi) is 8.69. The average Bonchev–Trinajstić information content (AvgIpc) is 2.76. The lowest BCUT2D eigenvalue weighted by atomic mass is 9.83. The predicted octanol–water partition coefficient (Wildman–Crippen LogP) is 4.70. The maximum absolute atomic E-state index is 12.2. The van der Waals surface area contributed by atoms with Crippen molar-refractivity contribution in [2.45, 2.75) is 89.9 Å². The highest BCUT2D eigenvalue weighted by atomic mass is 16.2. The lowest BCUT2D eigenvalue weighted by Crippen LogP contribution is -2.29. The van der Waals surface area contributed by atoms with Gasteiger partial charge >= 0.3 is 0 Å². The summed E-state index contributed by atoms with van der Waals surface area (Å²) in [5.74, 6) is 1.79. The summed E-state index contributed by atoms with van der Waals surface area (Å²) in [5, 5.41) is 4.23. The molecule has 0 saturated heterocycles. The second kappa shape index (κ2) is 11.5. The minimum absolute atomic E-state index is 0.0967. The van der Waals surface area contributed by atoms with Gasteiger partial charge in [-0.3, -0.25) is 14.6 Å². The molecule has 3 aliphatic rings. The van der Waals surface area contributed by atoms with Gasteiger partial charge in [0.15, 0.2) is 5.78 Å². The molecule has 1 N–H and O–H groups in total. The second-order valence-electron chi connectivity index (χ2n) is 9.06. The van der Waals surface area contributed by atoms with Crippen molar-refractivity contribution in [3.8, 4) is 0 Å². The molecule has 156 valence electrons. The molecule has 0 unspecified atom stereocenters. The van der Waals surface area contributed by atoms with Gasteiger partial charge in [-0.2, -0.15) is 5.10 Å². The predicted molar refractivity (Wildman–Crippen MR) is 114 cm³/mol. The van der Waals surface area contributed by atoms with Crippen LogP contribution in [0.4, 0.5) is 0 Å². The number of hydrogen-bond donors (Lipinski definition) is 1. The van der Waals surface area contributed by atoms with Gasteiger partial charge in [0, 0.05) is 24.3 Å². The van der Waals surface area contributed by atoms with Crippen LogP contribution in [-0.4, -0.2) is 30.7 Å². The van der Waals surface area contributed by atoms with Crippen LogP contribution >= 0.6 is 0 Å². The Labute approximate surface area is 169 Å². The Morgan fingerprint density at radius 3 is 1.86 bits per heavy atom. The third kappa shape index (κ3) is 6.82. The highest BCUT2D eigenvalue weighted by Gasteiger charge is 2.22. The quantitative estimate of drug-likeness (QED) is 0.508. The maximum atomic E-state index is 12.2. The average molecular weight is 388 g/mol. The van der Waals surface area contributed by atoms with E-state index in [1.165, 1.54) is 38.5 Å². The van der Waals surface area contributed by atoms with E-state index in [9.17, 15) is 9.59 Å². The number of ketones is 1. The number of rotatable bonds is 7. The van der Waals surface area contributed by atoms with Gasteiger partial charge in [-0.05, 0) is 63.2 Å². The summed E-state index contributed by atoms with van der Waals surface area (Å²) < 4.78 is 0. The van der Waals surface area contributed by atoms with Crippen molar-refractivity contribution in [3.63, 3.8) is 0 Å². The molecule has 0 aromatic carbocycles. The van der Waals surface area contributed by atoms with Crippen molar-refractivity contribution in [2.24, 2.45) is 33.8 Å². The number of Topliss-reactive ketones (excluding diaryl/α,β-unsaturated/α-hetero) is 1. The SMILES string of the molecule is O=C(CN=CC1CCC(/C=N/NC(=O)C2CCCCC2)CC1)C1CCCCC1. The summed E-state index contributed by atoms with van der Waals surface area (Å²) in [6.45, 7) is 0.374. The van der Waals surface area contributed by atoms with E-state index in [4.69, 9.17) is 0 Å². The number of hydrazone groups is 1. The Balaban J connectivity index is 1.30. The summed E-state index contributed by atoms with van der Waals surface area (Å²) in [6, 6.07) is 0. The van der Waals surface area contributed by atoms with E-state index in [0.29, 0.717) is 24.2 Å². The zero-order valence-corrected chi connectivity index (χ0v) is 17.3. The smallest absolute Gasteiger partial charge is 0.243 e. The second-order valence-corrected chi connectivity index (χ2v) is 9.06. The molecule has 0 bridgehead atoms. The van der Waals surface area contributed by atoms with Gasteiger partial charge in [-0.1, -0.05) is 38.5 Å². The topological polar surface area (TPSA) is 70.9 Å². The van der Waals surface area contributed by atoms with Crippen LogP contribution < -0.4 is 5.43 Å². The fourth-order valence-corrected chi connectivity index (χ4v) is 4.95. The number of aliphatic imine (C=N–C) groups is 1. The van der Waals surface area contributed by atoms with Crippen molar-refractivity contribution < 1.29 is 9.59 Å². The van der Waals surface area contributed by atoms with Crippen LogP contribution in [-0.2, 0) is 9.59 Å². The highest BCUT2D eigenvalue weighted by Crippen LogP contribution is 2.27. The molecule has 0 heterocycles. The number of nitrogens with zero attached hydrogens (tertiary/aromatic N) is 2. The van der Waals surface area contributed by atoms with E-state index in [1.54, 1.807) is 0 Å². The van der Waals surface area contributed by atoms with Crippen LogP contribution in [0.2, 0.25) is 0 Å². The molecule has 3 rings (SSSR count). The molecule has 28 heavy (non-hydrogen) atoms. The molecule has 0 aliphatic heterocycles. The number of hydrogen-bond acceptors (Lipinski definition) is 4. The summed E-state index contributed by atoms with van der Waals surface area (Å²) in [5.41, 5.74) is 2.76. The zero-order chi connectivity index (χ0) is 19.6. The van der Waals surface area contributed by atoms with Crippen molar-refractivity contribution in [2.75, 3.05) is 6.54 Å². The minimum Gasteiger partial charge on any atom is -0.297 e. The Bertz CT molecular complexity index is 502. The van der Waals surface area contributed by atoms with E-state index in [-0.39, 0.29) is 17.7 Å². The monoisotopic (exact) mass is 387 g/mol. The fraction of sp³-hybridized carbons (Fsp3) is 0.826. The molecule has 1 amide bonds. The summed E-state index contributed by atoms with van der Waals surface area (Å²) in [4.78, 5) is 28.8. The van der Waals surface area contributed by atoms with Crippen molar-refractivity contribution in [1.82, 2.24) is 5.43 Å². The third-order valence-corrected chi connectivity index (χ3v) is 6.88. The van der Waals surface area contributed by atoms with Crippen LogP contribution in [0.5, 0.6) is 0 Å². The molecular formula is C23H37N3O2. The largest absolute Gasteiger partial charge is 0.297 e. The number of nitrogens with one attached hydrogen (secondary N) is 1.